The van der Waals surface area contributed by atoms with Crippen molar-refractivity contribution in [2.75, 3.05) is 12.3 Å². The Morgan fingerprint density at radius 2 is 1.89 bits per heavy atom. The Bertz CT molecular complexity index is 529. The molecule has 1 N–H and O–H groups in total. The molecule has 0 bridgehead atoms. The van der Waals surface area contributed by atoms with Crippen molar-refractivity contribution in [2.45, 2.75) is 31.7 Å². The first-order chi connectivity index (χ1) is 8.77. The Morgan fingerprint density at radius 1 is 1.26 bits per heavy atom. The lowest BCUT2D eigenvalue weighted by Gasteiger charge is -2.21. The van der Waals surface area contributed by atoms with E-state index in [4.69, 9.17) is 0 Å². The molecule has 0 heterocycles. The summed E-state index contributed by atoms with van der Waals surface area (Å²) in [4.78, 5) is -0.447. The van der Waals surface area contributed by atoms with Gasteiger partial charge in [0, 0.05) is 12.1 Å². The summed E-state index contributed by atoms with van der Waals surface area (Å²) < 4.78 is 50.6. The van der Waals surface area contributed by atoms with E-state index in [1.54, 1.807) is 0 Å². The number of nitrogens with one attached hydrogen (secondary N) is 1. The number of halogens is 2. The number of rotatable bonds is 6. The van der Waals surface area contributed by atoms with Crippen LogP contribution in [0.3, 0.4) is 0 Å². The van der Waals surface area contributed by atoms with Crippen molar-refractivity contribution in [3.63, 3.8) is 0 Å². The standard InChI is InChI=1S/C13H19F2NO2S/c1-4-16-12(9(2)3)8-19(17,18)13-6-5-10(14)7-11(13)15/h5-7,9,12,16H,4,8H2,1-3H3. The topological polar surface area (TPSA) is 46.2 Å². The van der Waals surface area contributed by atoms with Gasteiger partial charge in [-0.3, -0.25) is 0 Å². The molecular weight excluding hydrogens is 272 g/mol. The van der Waals surface area contributed by atoms with Gasteiger partial charge in [0.1, 0.15) is 16.5 Å². The molecule has 0 spiro atoms. The zero-order chi connectivity index (χ0) is 14.6. The fourth-order valence-corrected chi connectivity index (χ4v) is 3.59. The minimum absolute atomic E-state index is 0.0956. The summed E-state index contributed by atoms with van der Waals surface area (Å²) in [6, 6.07) is 2.25. The van der Waals surface area contributed by atoms with Crippen LogP contribution in [0.5, 0.6) is 0 Å². The highest BCUT2D eigenvalue weighted by molar-refractivity contribution is 7.91. The van der Waals surface area contributed by atoms with Gasteiger partial charge in [-0.05, 0) is 24.6 Å². The molecule has 0 saturated heterocycles. The molecule has 3 nitrogen and oxygen atoms in total. The van der Waals surface area contributed by atoms with Crippen molar-refractivity contribution in [1.82, 2.24) is 5.32 Å². The molecule has 108 valence electrons. The van der Waals surface area contributed by atoms with E-state index >= 15 is 0 Å². The number of hydrogen-bond acceptors (Lipinski definition) is 3. The van der Waals surface area contributed by atoms with Crippen LogP contribution in [0, 0.1) is 17.6 Å². The summed E-state index contributed by atoms with van der Waals surface area (Å²) in [5.41, 5.74) is 0. The number of sulfone groups is 1. The molecule has 1 rings (SSSR count). The van der Waals surface area contributed by atoms with Gasteiger partial charge in [-0.1, -0.05) is 20.8 Å². The molecule has 0 radical (unpaired) electrons. The molecule has 0 aliphatic heterocycles. The summed E-state index contributed by atoms with van der Waals surface area (Å²) in [5.74, 6) is -1.94. The van der Waals surface area contributed by atoms with Crippen LogP contribution in [0.2, 0.25) is 0 Å². The first kappa shape index (κ1) is 16.0. The van der Waals surface area contributed by atoms with E-state index < -0.39 is 26.4 Å². The summed E-state index contributed by atoms with van der Waals surface area (Å²) in [5, 5.41) is 3.06. The van der Waals surface area contributed by atoms with Crippen molar-refractivity contribution in [3.05, 3.63) is 29.8 Å². The van der Waals surface area contributed by atoms with E-state index in [0.717, 1.165) is 12.1 Å². The molecule has 19 heavy (non-hydrogen) atoms. The van der Waals surface area contributed by atoms with Crippen LogP contribution >= 0.6 is 0 Å². The zero-order valence-electron chi connectivity index (χ0n) is 11.3. The van der Waals surface area contributed by atoms with Gasteiger partial charge in [0.25, 0.3) is 0 Å². The van der Waals surface area contributed by atoms with Gasteiger partial charge >= 0.3 is 0 Å². The molecule has 1 atom stereocenters. The maximum atomic E-state index is 13.5. The third-order valence-electron chi connectivity index (χ3n) is 2.90. The average Bonchev–Trinajstić information content (AvgIpc) is 2.27. The van der Waals surface area contributed by atoms with Crippen LogP contribution in [-0.2, 0) is 9.84 Å². The van der Waals surface area contributed by atoms with Gasteiger partial charge in [-0.15, -0.1) is 0 Å². The summed E-state index contributed by atoms with van der Waals surface area (Å²) in [6.07, 6.45) is 0. The highest BCUT2D eigenvalue weighted by Crippen LogP contribution is 2.19. The fourth-order valence-electron chi connectivity index (χ4n) is 1.80. The van der Waals surface area contributed by atoms with Crippen LogP contribution in [0.1, 0.15) is 20.8 Å². The highest BCUT2D eigenvalue weighted by Gasteiger charge is 2.25. The van der Waals surface area contributed by atoms with E-state index in [1.165, 1.54) is 0 Å². The SMILES string of the molecule is CCNC(CS(=O)(=O)c1ccc(F)cc1F)C(C)C. The second-order valence-electron chi connectivity index (χ2n) is 4.76. The molecule has 0 amide bonds. The molecular formula is C13H19F2NO2S. The van der Waals surface area contributed by atoms with Gasteiger partial charge < -0.3 is 5.32 Å². The van der Waals surface area contributed by atoms with E-state index in [9.17, 15) is 17.2 Å². The number of benzene rings is 1. The molecule has 1 aromatic carbocycles. The van der Waals surface area contributed by atoms with Crippen molar-refractivity contribution in [3.8, 4) is 0 Å². The van der Waals surface area contributed by atoms with Gasteiger partial charge in [0.2, 0.25) is 0 Å². The van der Waals surface area contributed by atoms with Crippen LogP contribution in [-0.4, -0.2) is 26.8 Å². The van der Waals surface area contributed by atoms with Gasteiger partial charge in [-0.25, -0.2) is 17.2 Å². The summed E-state index contributed by atoms with van der Waals surface area (Å²) >= 11 is 0. The molecule has 1 unspecified atom stereocenters. The lowest BCUT2D eigenvalue weighted by atomic mass is 10.1. The molecule has 0 saturated carbocycles. The van der Waals surface area contributed by atoms with Gasteiger partial charge in [-0.2, -0.15) is 0 Å². The lowest BCUT2D eigenvalue weighted by molar-refractivity contribution is 0.434. The van der Waals surface area contributed by atoms with Crippen molar-refractivity contribution >= 4 is 9.84 Å². The minimum atomic E-state index is -3.78. The van der Waals surface area contributed by atoms with Crippen LogP contribution in [0.4, 0.5) is 8.78 Å². The maximum absolute atomic E-state index is 13.5. The second kappa shape index (κ2) is 6.43. The average molecular weight is 291 g/mol. The van der Waals surface area contributed by atoms with Crippen molar-refractivity contribution in [2.24, 2.45) is 5.92 Å². The minimum Gasteiger partial charge on any atom is -0.313 e. The van der Waals surface area contributed by atoms with Gasteiger partial charge in [0.05, 0.1) is 5.75 Å². The lowest BCUT2D eigenvalue weighted by Crippen LogP contribution is -2.39. The predicted molar refractivity (Wildman–Crippen MR) is 70.7 cm³/mol. The molecule has 0 aromatic heterocycles. The monoisotopic (exact) mass is 291 g/mol. The Kier molecular flexibility index (Phi) is 5.43. The first-order valence-corrected chi connectivity index (χ1v) is 7.84. The Morgan fingerprint density at radius 3 is 2.37 bits per heavy atom. The van der Waals surface area contributed by atoms with E-state index in [0.29, 0.717) is 12.6 Å². The summed E-state index contributed by atoms with van der Waals surface area (Å²) in [7, 11) is -3.78. The third-order valence-corrected chi connectivity index (χ3v) is 4.70. The second-order valence-corrected chi connectivity index (χ2v) is 6.77. The molecule has 0 fully saturated rings. The maximum Gasteiger partial charge on any atom is 0.182 e. The van der Waals surface area contributed by atoms with E-state index in [1.807, 2.05) is 20.8 Å². The van der Waals surface area contributed by atoms with Crippen molar-refractivity contribution < 1.29 is 17.2 Å². The molecule has 1 aromatic rings. The van der Waals surface area contributed by atoms with E-state index in [-0.39, 0.29) is 17.7 Å². The fraction of sp³-hybridized carbons (Fsp3) is 0.538. The highest BCUT2D eigenvalue weighted by atomic mass is 32.2. The molecule has 6 heteroatoms. The number of hydrogen-bond donors (Lipinski definition) is 1. The van der Waals surface area contributed by atoms with Crippen LogP contribution in [0.15, 0.2) is 23.1 Å². The zero-order valence-corrected chi connectivity index (χ0v) is 12.1. The smallest absolute Gasteiger partial charge is 0.182 e. The Hall–Kier alpha value is -1.01. The largest absolute Gasteiger partial charge is 0.313 e. The van der Waals surface area contributed by atoms with E-state index in [2.05, 4.69) is 5.32 Å². The van der Waals surface area contributed by atoms with Gasteiger partial charge in [0.15, 0.2) is 9.84 Å². The first-order valence-electron chi connectivity index (χ1n) is 6.19. The predicted octanol–water partition coefficient (Wildman–Crippen LogP) is 2.37. The molecule has 0 aliphatic rings. The van der Waals surface area contributed by atoms with Crippen molar-refractivity contribution in [1.29, 1.82) is 0 Å². The summed E-state index contributed by atoms with van der Waals surface area (Å²) in [6.45, 7) is 6.29. The van der Waals surface area contributed by atoms with Crippen LogP contribution < -0.4 is 5.32 Å². The normalized spacial score (nSPS) is 13.8. The third kappa shape index (κ3) is 4.24. The molecule has 0 aliphatic carbocycles. The quantitative estimate of drug-likeness (QED) is 0.819. The Balaban J connectivity index is 3.03. The Labute approximate surface area is 112 Å². The van der Waals surface area contributed by atoms with Crippen LogP contribution in [0.25, 0.3) is 0 Å².